The van der Waals surface area contributed by atoms with E-state index in [9.17, 15) is 4.79 Å². The Morgan fingerprint density at radius 1 is 1.67 bits per heavy atom. The number of hydrogen-bond donors (Lipinski definition) is 1. The van der Waals surface area contributed by atoms with Crippen molar-refractivity contribution in [2.24, 2.45) is 5.73 Å². The number of likely N-dealkylation sites (tertiary alicyclic amines) is 1. The van der Waals surface area contributed by atoms with Gasteiger partial charge in [0.25, 0.3) is 0 Å². The van der Waals surface area contributed by atoms with Crippen LogP contribution in [-0.4, -0.2) is 34.9 Å². The molecule has 1 amide bonds. The molecule has 2 rings (SSSR count). The van der Waals surface area contributed by atoms with Crippen molar-refractivity contribution in [1.29, 1.82) is 0 Å². The third-order valence-corrected chi connectivity index (χ3v) is 4.01. The van der Waals surface area contributed by atoms with Gasteiger partial charge in [-0.3, -0.25) is 4.79 Å². The number of carbonyl (C=O) groups excluding carboxylic acids is 1. The van der Waals surface area contributed by atoms with E-state index >= 15 is 0 Å². The molecule has 98 valence electrons. The van der Waals surface area contributed by atoms with Gasteiger partial charge in [0, 0.05) is 30.6 Å². The fourth-order valence-electron chi connectivity index (χ4n) is 2.24. The maximum absolute atomic E-state index is 12.1. The van der Waals surface area contributed by atoms with Crippen LogP contribution in [0.4, 0.5) is 0 Å². The lowest BCUT2D eigenvalue weighted by Crippen LogP contribution is -2.46. The molecule has 0 aliphatic carbocycles. The van der Waals surface area contributed by atoms with E-state index in [-0.39, 0.29) is 11.9 Å². The molecule has 1 aliphatic heterocycles. The number of amides is 1. The second-order valence-corrected chi connectivity index (χ2v) is 5.60. The summed E-state index contributed by atoms with van der Waals surface area (Å²) in [6.07, 6.45) is 6.66. The number of aryl methyl sites for hydroxylation is 1. The SMILES string of the molecule is Cc1nc(/C=C/C(=O)N2CCCCC2CN)cs1. The van der Waals surface area contributed by atoms with Crippen LogP contribution in [0.1, 0.15) is 30.0 Å². The highest BCUT2D eigenvalue weighted by molar-refractivity contribution is 7.09. The molecule has 1 atom stereocenters. The van der Waals surface area contributed by atoms with E-state index in [1.54, 1.807) is 23.5 Å². The topological polar surface area (TPSA) is 59.2 Å². The van der Waals surface area contributed by atoms with E-state index in [4.69, 9.17) is 5.73 Å². The lowest BCUT2D eigenvalue weighted by molar-refractivity contribution is -0.129. The number of thiazole rings is 1. The van der Waals surface area contributed by atoms with Gasteiger partial charge >= 0.3 is 0 Å². The predicted octanol–water partition coefficient (Wildman–Crippen LogP) is 1.80. The Bertz CT molecular complexity index is 441. The van der Waals surface area contributed by atoms with E-state index in [0.29, 0.717) is 6.54 Å². The second-order valence-electron chi connectivity index (χ2n) is 4.54. The lowest BCUT2D eigenvalue weighted by atomic mass is 10.0. The minimum Gasteiger partial charge on any atom is -0.335 e. The van der Waals surface area contributed by atoms with Crippen LogP contribution >= 0.6 is 11.3 Å². The molecule has 4 nitrogen and oxygen atoms in total. The van der Waals surface area contributed by atoms with E-state index < -0.39 is 0 Å². The number of hydrogen-bond acceptors (Lipinski definition) is 4. The van der Waals surface area contributed by atoms with E-state index in [1.165, 1.54) is 6.42 Å². The summed E-state index contributed by atoms with van der Waals surface area (Å²) in [5, 5.41) is 2.97. The van der Waals surface area contributed by atoms with Crippen LogP contribution in [0.3, 0.4) is 0 Å². The molecule has 1 aliphatic rings. The second kappa shape index (κ2) is 6.11. The highest BCUT2D eigenvalue weighted by atomic mass is 32.1. The van der Waals surface area contributed by atoms with E-state index in [0.717, 1.165) is 30.1 Å². The predicted molar refractivity (Wildman–Crippen MR) is 74.3 cm³/mol. The van der Waals surface area contributed by atoms with Gasteiger partial charge in [-0.2, -0.15) is 0 Å². The number of piperidine rings is 1. The molecule has 1 saturated heterocycles. The molecule has 0 bridgehead atoms. The van der Waals surface area contributed by atoms with Crippen molar-refractivity contribution in [3.63, 3.8) is 0 Å². The van der Waals surface area contributed by atoms with Crippen molar-refractivity contribution in [3.8, 4) is 0 Å². The molecule has 0 radical (unpaired) electrons. The van der Waals surface area contributed by atoms with Gasteiger partial charge in [0.2, 0.25) is 5.91 Å². The first kappa shape index (κ1) is 13.2. The van der Waals surface area contributed by atoms with Crippen LogP contribution in [-0.2, 0) is 4.79 Å². The molecule has 0 saturated carbocycles. The van der Waals surface area contributed by atoms with Crippen molar-refractivity contribution >= 4 is 23.3 Å². The summed E-state index contributed by atoms with van der Waals surface area (Å²) in [4.78, 5) is 18.3. The number of carbonyl (C=O) groups is 1. The van der Waals surface area contributed by atoms with E-state index in [2.05, 4.69) is 4.98 Å². The van der Waals surface area contributed by atoms with Crippen LogP contribution in [0, 0.1) is 6.92 Å². The first-order valence-electron chi connectivity index (χ1n) is 6.31. The van der Waals surface area contributed by atoms with Gasteiger partial charge in [-0.15, -0.1) is 11.3 Å². The monoisotopic (exact) mass is 265 g/mol. The van der Waals surface area contributed by atoms with Crippen LogP contribution in [0.15, 0.2) is 11.5 Å². The van der Waals surface area contributed by atoms with Crippen LogP contribution in [0.25, 0.3) is 6.08 Å². The summed E-state index contributed by atoms with van der Waals surface area (Å²) in [6.45, 7) is 3.33. The lowest BCUT2D eigenvalue weighted by Gasteiger charge is -2.34. The largest absolute Gasteiger partial charge is 0.335 e. The van der Waals surface area contributed by atoms with Crippen LogP contribution in [0.5, 0.6) is 0 Å². The first-order chi connectivity index (χ1) is 8.70. The molecule has 2 N–H and O–H groups in total. The fraction of sp³-hybridized carbons (Fsp3) is 0.538. The normalized spacial score (nSPS) is 20.6. The summed E-state index contributed by atoms with van der Waals surface area (Å²) in [5.41, 5.74) is 6.57. The number of nitrogens with two attached hydrogens (primary N) is 1. The van der Waals surface area contributed by atoms with Gasteiger partial charge in [-0.25, -0.2) is 4.98 Å². The Labute approximate surface area is 112 Å². The van der Waals surface area contributed by atoms with Crippen molar-refractivity contribution < 1.29 is 4.79 Å². The Balaban J connectivity index is 2.00. The van der Waals surface area contributed by atoms with Gasteiger partial charge in [-0.1, -0.05) is 0 Å². The highest BCUT2D eigenvalue weighted by Crippen LogP contribution is 2.17. The van der Waals surface area contributed by atoms with Crippen molar-refractivity contribution in [3.05, 3.63) is 22.2 Å². The zero-order chi connectivity index (χ0) is 13.0. The molecule has 1 fully saturated rings. The number of aromatic nitrogens is 1. The Hall–Kier alpha value is -1.20. The molecule has 0 spiro atoms. The van der Waals surface area contributed by atoms with Crippen molar-refractivity contribution in [2.75, 3.05) is 13.1 Å². The Morgan fingerprint density at radius 3 is 3.17 bits per heavy atom. The molecule has 1 aromatic heterocycles. The van der Waals surface area contributed by atoms with Gasteiger partial charge in [0.05, 0.1) is 10.7 Å². The summed E-state index contributed by atoms with van der Waals surface area (Å²) in [7, 11) is 0. The van der Waals surface area contributed by atoms with Gasteiger partial charge < -0.3 is 10.6 Å². The van der Waals surface area contributed by atoms with Crippen molar-refractivity contribution in [2.45, 2.75) is 32.2 Å². The minimum atomic E-state index is 0.0517. The summed E-state index contributed by atoms with van der Waals surface area (Å²) >= 11 is 1.59. The maximum Gasteiger partial charge on any atom is 0.246 e. The Morgan fingerprint density at radius 2 is 2.50 bits per heavy atom. The number of nitrogens with zero attached hydrogens (tertiary/aromatic N) is 2. The van der Waals surface area contributed by atoms with E-state index in [1.807, 2.05) is 17.2 Å². The minimum absolute atomic E-state index is 0.0517. The third kappa shape index (κ3) is 3.17. The quantitative estimate of drug-likeness (QED) is 0.848. The molecule has 18 heavy (non-hydrogen) atoms. The summed E-state index contributed by atoms with van der Waals surface area (Å²) < 4.78 is 0. The highest BCUT2D eigenvalue weighted by Gasteiger charge is 2.23. The zero-order valence-corrected chi connectivity index (χ0v) is 11.4. The van der Waals surface area contributed by atoms with Gasteiger partial charge in [0.15, 0.2) is 0 Å². The average molecular weight is 265 g/mol. The first-order valence-corrected chi connectivity index (χ1v) is 7.19. The average Bonchev–Trinajstić information content (AvgIpc) is 2.81. The molecule has 1 unspecified atom stereocenters. The van der Waals surface area contributed by atoms with Gasteiger partial charge in [-0.05, 0) is 32.3 Å². The molecule has 0 aromatic carbocycles. The zero-order valence-electron chi connectivity index (χ0n) is 10.6. The number of rotatable bonds is 3. The molecular formula is C13H19N3OS. The fourth-order valence-corrected chi connectivity index (χ4v) is 2.83. The molecule has 2 heterocycles. The molecule has 1 aromatic rings. The smallest absolute Gasteiger partial charge is 0.246 e. The maximum atomic E-state index is 12.1. The van der Waals surface area contributed by atoms with Crippen molar-refractivity contribution in [1.82, 2.24) is 9.88 Å². The van der Waals surface area contributed by atoms with Gasteiger partial charge in [0.1, 0.15) is 0 Å². The van der Waals surface area contributed by atoms with Crippen LogP contribution in [0.2, 0.25) is 0 Å². The molecule has 5 heteroatoms. The standard InChI is InChI=1S/C13H19N3OS/c1-10-15-11(9-18-10)5-6-13(17)16-7-3-2-4-12(16)8-14/h5-6,9,12H,2-4,7-8,14H2,1H3/b6-5+. The van der Waals surface area contributed by atoms with Crippen LogP contribution < -0.4 is 5.73 Å². The summed E-state index contributed by atoms with van der Waals surface area (Å²) in [6, 6.07) is 0.202. The Kier molecular flexibility index (Phi) is 4.49. The summed E-state index contributed by atoms with van der Waals surface area (Å²) in [5.74, 6) is 0.0517. The molecular weight excluding hydrogens is 246 g/mol. The third-order valence-electron chi connectivity index (χ3n) is 3.22.